The quantitative estimate of drug-likeness (QED) is 0.783. The third kappa shape index (κ3) is 4.76. The molecule has 0 atom stereocenters. The molecule has 2 aromatic carbocycles. The van der Waals surface area contributed by atoms with Gasteiger partial charge in [-0.15, -0.1) is 0 Å². The summed E-state index contributed by atoms with van der Waals surface area (Å²) in [4.78, 5) is 2.14. The van der Waals surface area contributed by atoms with Gasteiger partial charge < -0.3 is 9.64 Å². The van der Waals surface area contributed by atoms with Crippen LogP contribution in [0, 0.1) is 6.42 Å². The van der Waals surface area contributed by atoms with Crippen LogP contribution >= 0.6 is 0 Å². The zero-order valence-corrected chi connectivity index (χ0v) is 11.5. The Bertz CT molecular complexity index is 476. The molecule has 0 amide bonds. The van der Waals surface area contributed by atoms with Gasteiger partial charge in [-0.2, -0.15) is 0 Å². The second-order valence-electron chi connectivity index (χ2n) is 4.81. The van der Waals surface area contributed by atoms with Crippen molar-refractivity contribution in [1.29, 1.82) is 0 Å². The van der Waals surface area contributed by atoms with E-state index in [4.69, 9.17) is 4.74 Å². The van der Waals surface area contributed by atoms with Gasteiger partial charge in [0.25, 0.3) is 0 Å². The predicted molar refractivity (Wildman–Crippen MR) is 79.2 cm³/mol. The molecule has 0 spiro atoms. The molecule has 0 N–H and O–H groups in total. The minimum atomic E-state index is 0.613. The van der Waals surface area contributed by atoms with E-state index in [-0.39, 0.29) is 0 Å². The Morgan fingerprint density at radius 1 is 0.947 bits per heavy atom. The van der Waals surface area contributed by atoms with Crippen molar-refractivity contribution in [2.75, 3.05) is 20.6 Å². The van der Waals surface area contributed by atoms with Gasteiger partial charge in [-0.25, -0.2) is 0 Å². The maximum atomic E-state index is 5.75. The molecule has 19 heavy (non-hydrogen) atoms. The average Bonchev–Trinajstić information content (AvgIpc) is 2.45. The molecule has 2 rings (SSSR count). The van der Waals surface area contributed by atoms with Crippen LogP contribution in [0.1, 0.15) is 11.1 Å². The Balaban J connectivity index is 1.85. The topological polar surface area (TPSA) is 12.5 Å². The van der Waals surface area contributed by atoms with Gasteiger partial charge in [0.05, 0.1) is 0 Å². The fraction of sp³-hybridized carbons (Fsp3) is 0.235. The van der Waals surface area contributed by atoms with Crippen LogP contribution < -0.4 is 4.74 Å². The molecule has 1 radical (unpaired) electrons. The third-order valence-electron chi connectivity index (χ3n) is 2.82. The van der Waals surface area contributed by atoms with Crippen molar-refractivity contribution in [3.05, 3.63) is 72.1 Å². The highest BCUT2D eigenvalue weighted by molar-refractivity contribution is 5.31. The maximum absolute atomic E-state index is 5.75. The first kappa shape index (κ1) is 13.6. The third-order valence-corrected chi connectivity index (χ3v) is 2.82. The van der Waals surface area contributed by atoms with Crippen LogP contribution in [0.4, 0.5) is 0 Å². The van der Waals surface area contributed by atoms with E-state index in [2.05, 4.69) is 49.7 Å². The molecule has 2 aromatic rings. The number of hydrogen-bond acceptors (Lipinski definition) is 2. The predicted octanol–water partition coefficient (Wildman–Crippen LogP) is 3.38. The van der Waals surface area contributed by atoms with Gasteiger partial charge in [0.1, 0.15) is 12.4 Å². The van der Waals surface area contributed by atoms with Gasteiger partial charge in [-0.1, -0.05) is 42.5 Å². The molecule has 0 aromatic heterocycles. The molecule has 0 heterocycles. The van der Waals surface area contributed by atoms with Crippen molar-refractivity contribution < 1.29 is 4.74 Å². The first-order valence-electron chi connectivity index (χ1n) is 6.49. The van der Waals surface area contributed by atoms with Gasteiger partial charge in [0.15, 0.2) is 0 Å². The molecule has 0 aliphatic rings. The lowest BCUT2D eigenvalue weighted by Gasteiger charge is -2.10. The van der Waals surface area contributed by atoms with Gasteiger partial charge in [-0.05, 0) is 37.4 Å². The number of ether oxygens (including phenoxy) is 1. The van der Waals surface area contributed by atoms with Gasteiger partial charge >= 0.3 is 0 Å². The van der Waals surface area contributed by atoms with Crippen molar-refractivity contribution in [3.8, 4) is 5.75 Å². The maximum Gasteiger partial charge on any atom is 0.119 e. The first-order chi connectivity index (χ1) is 9.24. The molecule has 99 valence electrons. The van der Waals surface area contributed by atoms with E-state index in [1.165, 1.54) is 11.1 Å². The monoisotopic (exact) mass is 254 g/mol. The van der Waals surface area contributed by atoms with Crippen LogP contribution in [0.5, 0.6) is 5.75 Å². The first-order valence-corrected chi connectivity index (χ1v) is 6.49. The molecule has 0 saturated carbocycles. The van der Waals surface area contributed by atoms with Gasteiger partial charge in [0, 0.05) is 13.0 Å². The molecular formula is C17H20NO. The Hall–Kier alpha value is -1.80. The van der Waals surface area contributed by atoms with E-state index in [9.17, 15) is 0 Å². The van der Waals surface area contributed by atoms with Crippen LogP contribution in [0.15, 0.2) is 54.6 Å². The summed E-state index contributed by atoms with van der Waals surface area (Å²) in [6, 6.07) is 18.4. The Morgan fingerprint density at radius 2 is 1.63 bits per heavy atom. The summed E-state index contributed by atoms with van der Waals surface area (Å²) in [6.45, 7) is 1.56. The second-order valence-corrected chi connectivity index (χ2v) is 4.81. The Morgan fingerprint density at radius 3 is 2.26 bits per heavy atom. The summed E-state index contributed by atoms with van der Waals surface area (Å²) in [7, 11) is 4.13. The number of hydrogen-bond donors (Lipinski definition) is 0. The highest BCUT2D eigenvalue weighted by atomic mass is 16.5. The zero-order chi connectivity index (χ0) is 13.5. The highest BCUT2D eigenvalue weighted by Gasteiger charge is 1.98. The normalized spacial score (nSPS) is 10.7. The lowest BCUT2D eigenvalue weighted by atomic mass is 10.1. The van der Waals surface area contributed by atoms with Crippen LogP contribution in [-0.4, -0.2) is 25.5 Å². The second kappa shape index (κ2) is 6.95. The molecule has 0 aliphatic heterocycles. The van der Waals surface area contributed by atoms with Crippen molar-refractivity contribution in [2.24, 2.45) is 0 Å². The highest BCUT2D eigenvalue weighted by Crippen LogP contribution is 2.15. The molecule has 0 unspecified atom stereocenters. The smallest absolute Gasteiger partial charge is 0.119 e. The number of benzene rings is 2. The fourth-order valence-corrected chi connectivity index (χ4v) is 1.73. The molecule has 0 bridgehead atoms. The van der Waals surface area contributed by atoms with E-state index >= 15 is 0 Å². The zero-order valence-electron chi connectivity index (χ0n) is 11.5. The van der Waals surface area contributed by atoms with Crippen molar-refractivity contribution in [1.82, 2.24) is 4.90 Å². The molecule has 0 fully saturated rings. The Labute approximate surface area is 115 Å². The van der Waals surface area contributed by atoms with Crippen molar-refractivity contribution in [2.45, 2.75) is 6.61 Å². The molecule has 2 nitrogen and oxygen atoms in total. The number of nitrogens with zero attached hydrogens (tertiary/aromatic N) is 1. The van der Waals surface area contributed by atoms with Crippen molar-refractivity contribution in [3.63, 3.8) is 0 Å². The van der Waals surface area contributed by atoms with Crippen LogP contribution in [-0.2, 0) is 6.61 Å². The molecule has 0 aliphatic carbocycles. The average molecular weight is 254 g/mol. The fourth-order valence-electron chi connectivity index (χ4n) is 1.73. The van der Waals surface area contributed by atoms with Crippen LogP contribution in [0.25, 0.3) is 0 Å². The SMILES string of the molecule is CN(C)C[CH]c1ccc(OCc2ccccc2)cc1. The summed E-state index contributed by atoms with van der Waals surface area (Å²) in [5.41, 5.74) is 2.41. The minimum Gasteiger partial charge on any atom is -0.489 e. The summed E-state index contributed by atoms with van der Waals surface area (Å²) < 4.78 is 5.75. The summed E-state index contributed by atoms with van der Waals surface area (Å²) in [5.74, 6) is 0.908. The summed E-state index contributed by atoms with van der Waals surface area (Å²) >= 11 is 0. The minimum absolute atomic E-state index is 0.613. The van der Waals surface area contributed by atoms with E-state index in [1.807, 2.05) is 30.3 Å². The van der Waals surface area contributed by atoms with Gasteiger partial charge in [-0.3, -0.25) is 0 Å². The molecule has 2 heteroatoms. The van der Waals surface area contributed by atoms with E-state index < -0.39 is 0 Å². The number of likely N-dealkylation sites (N-methyl/N-ethyl adjacent to an activating group) is 1. The summed E-state index contributed by atoms with van der Waals surface area (Å²) in [5, 5.41) is 0. The van der Waals surface area contributed by atoms with Crippen molar-refractivity contribution >= 4 is 0 Å². The van der Waals surface area contributed by atoms with E-state index in [1.54, 1.807) is 0 Å². The molecular weight excluding hydrogens is 234 g/mol. The van der Waals surface area contributed by atoms with E-state index in [0.29, 0.717) is 6.61 Å². The molecule has 0 saturated heterocycles. The van der Waals surface area contributed by atoms with Gasteiger partial charge in [0.2, 0.25) is 0 Å². The lowest BCUT2D eigenvalue weighted by molar-refractivity contribution is 0.306. The lowest BCUT2D eigenvalue weighted by Crippen LogP contribution is -2.13. The standard InChI is InChI=1S/C17H20NO/c1-18(2)13-12-15-8-10-17(11-9-15)19-14-16-6-4-3-5-7-16/h3-12H,13-14H2,1-2H3. The Kier molecular flexibility index (Phi) is 4.99. The van der Waals surface area contributed by atoms with Crippen LogP contribution in [0.2, 0.25) is 0 Å². The van der Waals surface area contributed by atoms with E-state index in [0.717, 1.165) is 12.3 Å². The largest absolute Gasteiger partial charge is 0.489 e. The summed E-state index contributed by atoms with van der Waals surface area (Å²) in [6.07, 6.45) is 2.20. The number of rotatable bonds is 6. The van der Waals surface area contributed by atoms with Crippen LogP contribution in [0.3, 0.4) is 0 Å².